The molecular formula is C15H15NO3. The summed E-state index contributed by atoms with van der Waals surface area (Å²) in [5.74, 6) is -1.19. The molecule has 0 atom stereocenters. The third kappa shape index (κ3) is 2.29. The quantitative estimate of drug-likeness (QED) is 0.899. The molecule has 0 amide bonds. The Bertz CT molecular complexity index is 714. The fourth-order valence-electron chi connectivity index (χ4n) is 2.15. The molecule has 0 bridgehead atoms. The fraction of sp³-hybridized carbons (Fsp3) is 0.200. The van der Waals surface area contributed by atoms with Crippen LogP contribution in [0.4, 0.5) is 0 Å². The Balaban J connectivity index is 2.74. The van der Waals surface area contributed by atoms with Gasteiger partial charge in [0.05, 0.1) is 5.69 Å². The van der Waals surface area contributed by atoms with Crippen LogP contribution < -0.4 is 5.56 Å². The molecule has 2 rings (SSSR count). The minimum atomic E-state index is -1.19. The maximum absolute atomic E-state index is 12.3. The number of rotatable bonds is 2. The van der Waals surface area contributed by atoms with Crippen LogP contribution >= 0.6 is 0 Å². The highest BCUT2D eigenvalue weighted by molar-refractivity contribution is 5.88. The molecule has 0 aliphatic rings. The molecule has 0 saturated carbocycles. The molecule has 4 heteroatoms. The smallest absolute Gasteiger partial charge is 0.341 e. The number of hydrogen-bond acceptors (Lipinski definition) is 2. The van der Waals surface area contributed by atoms with Crippen LogP contribution in [0.15, 0.2) is 35.3 Å². The van der Waals surface area contributed by atoms with Crippen molar-refractivity contribution in [3.63, 3.8) is 0 Å². The highest BCUT2D eigenvalue weighted by Gasteiger charge is 2.15. The molecule has 0 fully saturated rings. The first-order valence-corrected chi connectivity index (χ1v) is 5.95. The largest absolute Gasteiger partial charge is 0.477 e. The lowest BCUT2D eigenvalue weighted by Gasteiger charge is -2.11. The number of aromatic carboxylic acids is 1. The highest BCUT2D eigenvalue weighted by Crippen LogP contribution is 2.15. The molecule has 0 aliphatic heterocycles. The van der Waals surface area contributed by atoms with Crippen LogP contribution in [0, 0.1) is 20.8 Å². The van der Waals surface area contributed by atoms with E-state index in [4.69, 9.17) is 5.11 Å². The summed E-state index contributed by atoms with van der Waals surface area (Å²) in [6, 6.07) is 7.33. The maximum Gasteiger partial charge on any atom is 0.341 e. The molecule has 98 valence electrons. The van der Waals surface area contributed by atoms with Crippen LogP contribution in [-0.4, -0.2) is 15.6 Å². The summed E-state index contributed by atoms with van der Waals surface area (Å²) in [7, 11) is 0. The molecule has 2 aromatic rings. The molecule has 0 unspecified atom stereocenters. The number of carbonyl (C=O) groups is 1. The summed E-state index contributed by atoms with van der Waals surface area (Å²) >= 11 is 0. The third-order valence-electron chi connectivity index (χ3n) is 3.13. The van der Waals surface area contributed by atoms with Gasteiger partial charge in [0.25, 0.3) is 5.56 Å². The van der Waals surface area contributed by atoms with Gasteiger partial charge in [0.1, 0.15) is 5.56 Å². The summed E-state index contributed by atoms with van der Waals surface area (Å²) in [6.07, 6.45) is 1.61. The van der Waals surface area contributed by atoms with E-state index in [1.807, 2.05) is 32.0 Å². The number of carboxylic acid groups (broad SMARTS) is 1. The second-order valence-electron chi connectivity index (χ2n) is 4.64. The van der Waals surface area contributed by atoms with Crippen molar-refractivity contribution in [3.8, 4) is 5.69 Å². The van der Waals surface area contributed by atoms with Gasteiger partial charge < -0.3 is 5.11 Å². The molecule has 0 saturated heterocycles. The molecule has 0 aliphatic carbocycles. The van der Waals surface area contributed by atoms with Crippen LogP contribution in [0.25, 0.3) is 5.69 Å². The number of pyridine rings is 1. The molecule has 0 spiro atoms. The van der Waals surface area contributed by atoms with Gasteiger partial charge in [-0.15, -0.1) is 0 Å². The Hall–Kier alpha value is -2.36. The van der Waals surface area contributed by atoms with Gasteiger partial charge in [-0.25, -0.2) is 4.79 Å². The minimum absolute atomic E-state index is 0.178. The number of aromatic nitrogens is 1. The Morgan fingerprint density at radius 1 is 1.11 bits per heavy atom. The average Bonchev–Trinajstić information content (AvgIpc) is 2.30. The number of aryl methyl sites for hydroxylation is 3. The van der Waals surface area contributed by atoms with Gasteiger partial charge in [0, 0.05) is 6.20 Å². The monoisotopic (exact) mass is 257 g/mol. The number of benzene rings is 1. The van der Waals surface area contributed by atoms with E-state index >= 15 is 0 Å². The molecule has 0 radical (unpaired) electrons. The van der Waals surface area contributed by atoms with Gasteiger partial charge in [0.2, 0.25) is 0 Å². The maximum atomic E-state index is 12.3. The Kier molecular flexibility index (Phi) is 3.25. The van der Waals surface area contributed by atoms with Crippen molar-refractivity contribution in [2.75, 3.05) is 0 Å². The number of nitrogens with zero attached hydrogens (tertiary/aromatic N) is 1. The van der Waals surface area contributed by atoms with Crippen LogP contribution in [0.2, 0.25) is 0 Å². The van der Waals surface area contributed by atoms with E-state index in [2.05, 4.69) is 0 Å². The highest BCUT2D eigenvalue weighted by atomic mass is 16.4. The van der Waals surface area contributed by atoms with Crippen LogP contribution in [-0.2, 0) is 0 Å². The van der Waals surface area contributed by atoms with E-state index in [0.29, 0.717) is 11.3 Å². The van der Waals surface area contributed by atoms with Gasteiger partial charge in [-0.05, 0) is 44.0 Å². The second kappa shape index (κ2) is 4.72. The summed E-state index contributed by atoms with van der Waals surface area (Å²) in [5.41, 5.74) is 2.53. The van der Waals surface area contributed by atoms with Gasteiger partial charge in [0.15, 0.2) is 0 Å². The predicted octanol–water partition coefficient (Wildman–Crippen LogP) is 2.46. The molecule has 1 N–H and O–H groups in total. The molecule has 1 aromatic heterocycles. The van der Waals surface area contributed by atoms with E-state index in [1.165, 1.54) is 4.57 Å². The van der Waals surface area contributed by atoms with Gasteiger partial charge in [-0.2, -0.15) is 0 Å². The summed E-state index contributed by atoms with van der Waals surface area (Å²) < 4.78 is 1.38. The lowest BCUT2D eigenvalue weighted by Crippen LogP contribution is -2.26. The van der Waals surface area contributed by atoms with Crippen molar-refractivity contribution in [3.05, 3.63) is 63.1 Å². The topological polar surface area (TPSA) is 59.3 Å². The zero-order valence-electron chi connectivity index (χ0n) is 11.1. The minimum Gasteiger partial charge on any atom is -0.477 e. The predicted molar refractivity (Wildman–Crippen MR) is 73.2 cm³/mol. The standard InChI is InChI=1S/C15H15NO3/c1-9-4-5-12(11(3)8-9)16-7-6-10(2)13(14(16)17)15(18)19/h4-8H,1-3H3,(H,18,19). The third-order valence-corrected chi connectivity index (χ3v) is 3.13. The van der Waals surface area contributed by atoms with Crippen molar-refractivity contribution in [1.29, 1.82) is 0 Å². The van der Waals surface area contributed by atoms with E-state index in [-0.39, 0.29) is 5.56 Å². The Morgan fingerprint density at radius 2 is 1.79 bits per heavy atom. The first-order valence-electron chi connectivity index (χ1n) is 5.95. The number of hydrogen-bond donors (Lipinski definition) is 1. The normalized spacial score (nSPS) is 10.5. The van der Waals surface area contributed by atoms with Gasteiger partial charge >= 0.3 is 5.97 Å². The van der Waals surface area contributed by atoms with Crippen molar-refractivity contribution < 1.29 is 9.90 Å². The Labute approximate surface area is 110 Å². The fourth-order valence-corrected chi connectivity index (χ4v) is 2.15. The molecule has 1 aromatic carbocycles. The van der Waals surface area contributed by atoms with Gasteiger partial charge in [-0.3, -0.25) is 9.36 Å². The zero-order chi connectivity index (χ0) is 14.2. The first kappa shape index (κ1) is 13.1. The first-order chi connectivity index (χ1) is 8.91. The van der Waals surface area contributed by atoms with Crippen molar-refractivity contribution in [1.82, 2.24) is 4.57 Å². The van der Waals surface area contributed by atoms with Crippen LogP contribution in [0.1, 0.15) is 27.0 Å². The van der Waals surface area contributed by atoms with Crippen LogP contribution in [0.3, 0.4) is 0 Å². The summed E-state index contributed by atoms with van der Waals surface area (Å²) in [6.45, 7) is 5.49. The van der Waals surface area contributed by atoms with Crippen molar-refractivity contribution >= 4 is 5.97 Å². The van der Waals surface area contributed by atoms with E-state index in [1.54, 1.807) is 19.2 Å². The lowest BCUT2D eigenvalue weighted by molar-refractivity contribution is 0.0693. The van der Waals surface area contributed by atoms with E-state index in [0.717, 1.165) is 11.1 Å². The van der Waals surface area contributed by atoms with Crippen molar-refractivity contribution in [2.24, 2.45) is 0 Å². The molecule has 19 heavy (non-hydrogen) atoms. The second-order valence-corrected chi connectivity index (χ2v) is 4.64. The van der Waals surface area contributed by atoms with Gasteiger partial charge in [-0.1, -0.05) is 17.7 Å². The molecule has 1 heterocycles. The number of carboxylic acids is 1. The van der Waals surface area contributed by atoms with Crippen LogP contribution in [0.5, 0.6) is 0 Å². The lowest BCUT2D eigenvalue weighted by atomic mass is 10.1. The zero-order valence-corrected chi connectivity index (χ0v) is 11.1. The summed E-state index contributed by atoms with van der Waals surface area (Å²) in [5, 5.41) is 9.12. The van der Waals surface area contributed by atoms with Crippen molar-refractivity contribution in [2.45, 2.75) is 20.8 Å². The SMILES string of the molecule is Cc1ccc(-n2ccc(C)c(C(=O)O)c2=O)c(C)c1. The van der Waals surface area contributed by atoms with E-state index < -0.39 is 11.5 Å². The van der Waals surface area contributed by atoms with E-state index in [9.17, 15) is 9.59 Å². The molecule has 4 nitrogen and oxygen atoms in total. The Morgan fingerprint density at radius 3 is 2.37 bits per heavy atom. The summed E-state index contributed by atoms with van der Waals surface area (Å²) in [4.78, 5) is 23.4. The molecular weight excluding hydrogens is 242 g/mol. The average molecular weight is 257 g/mol.